The van der Waals surface area contributed by atoms with Crippen molar-refractivity contribution in [1.82, 2.24) is 10.2 Å². The van der Waals surface area contributed by atoms with Crippen LogP contribution in [0.5, 0.6) is 0 Å². The van der Waals surface area contributed by atoms with E-state index in [1.807, 2.05) is 54.3 Å². The van der Waals surface area contributed by atoms with Crippen molar-refractivity contribution in [2.75, 3.05) is 11.4 Å². The van der Waals surface area contributed by atoms with E-state index in [1.165, 1.54) is 17.3 Å². The number of aryl methyl sites for hydroxylation is 1. The number of para-hydroxylation sites is 1. The number of rotatable bonds is 4. The van der Waals surface area contributed by atoms with Crippen LogP contribution in [0.15, 0.2) is 62.6 Å². The molecule has 0 saturated heterocycles. The van der Waals surface area contributed by atoms with E-state index < -0.39 is 0 Å². The number of benzene rings is 2. The molecule has 0 bridgehead atoms. The molecule has 2 aromatic carbocycles. The third kappa shape index (κ3) is 3.80. The van der Waals surface area contributed by atoms with Crippen molar-refractivity contribution >= 4 is 39.3 Å². The molecule has 0 radical (unpaired) electrons. The largest absolute Gasteiger partial charge is 0.411 e. The molecule has 27 heavy (non-hydrogen) atoms. The SMILES string of the molecule is CC(Sc1nnc(-c2ccccc2Br)o1)C(=O)N1CCCc2ccccc21. The number of halogens is 1. The van der Waals surface area contributed by atoms with Gasteiger partial charge in [-0.15, -0.1) is 10.2 Å². The van der Waals surface area contributed by atoms with E-state index in [4.69, 9.17) is 4.42 Å². The summed E-state index contributed by atoms with van der Waals surface area (Å²) in [6.07, 6.45) is 1.99. The summed E-state index contributed by atoms with van der Waals surface area (Å²) in [6, 6.07) is 15.8. The summed E-state index contributed by atoms with van der Waals surface area (Å²) in [7, 11) is 0. The molecular weight excluding hydrogens is 426 g/mol. The Hall–Kier alpha value is -2.12. The van der Waals surface area contributed by atoms with Crippen LogP contribution < -0.4 is 4.90 Å². The highest BCUT2D eigenvalue weighted by atomic mass is 79.9. The summed E-state index contributed by atoms with van der Waals surface area (Å²) in [5.41, 5.74) is 3.07. The third-order valence-electron chi connectivity index (χ3n) is 4.51. The van der Waals surface area contributed by atoms with Gasteiger partial charge in [-0.05, 0) is 59.5 Å². The van der Waals surface area contributed by atoms with E-state index in [0.717, 1.165) is 35.1 Å². The van der Waals surface area contributed by atoms with Crippen molar-refractivity contribution < 1.29 is 9.21 Å². The van der Waals surface area contributed by atoms with Crippen LogP contribution >= 0.6 is 27.7 Å². The molecule has 5 nitrogen and oxygen atoms in total. The van der Waals surface area contributed by atoms with Gasteiger partial charge in [0.1, 0.15) is 0 Å². The second kappa shape index (κ2) is 7.86. The van der Waals surface area contributed by atoms with Gasteiger partial charge in [0.25, 0.3) is 5.22 Å². The Morgan fingerprint density at radius 1 is 1.19 bits per heavy atom. The second-order valence-electron chi connectivity index (χ2n) is 6.34. The number of anilines is 1. The van der Waals surface area contributed by atoms with Gasteiger partial charge in [0, 0.05) is 16.7 Å². The summed E-state index contributed by atoms with van der Waals surface area (Å²) >= 11 is 4.78. The number of carbonyl (C=O) groups excluding carboxylic acids is 1. The molecular formula is C20H18BrN3O2S. The lowest BCUT2D eigenvalue weighted by Gasteiger charge is -2.31. The fourth-order valence-electron chi connectivity index (χ4n) is 3.18. The van der Waals surface area contributed by atoms with Crippen LogP contribution in [0.3, 0.4) is 0 Å². The molecule has 2 heterocycles. The van der Waals surface area contributed by atoms with Crippen LogP contribution in [-0.4, -0.2) is 27.9 Å². The Kier molecular flexibility index (Phi) is 5.31. The molecule has 1 aliphatic rings. The lowest BCUT2D eigenvalue weighted by molar-refractivity contribution is -0.117. The molecule has 4 rings (SSSR count). The fraction of sp³-hybridized carbons (Fsp3) is 0.250. The molecule has 138 valence electrons. The van der Waals surface area contributed by atoms with Crippen molar-refractivity contribution in [2.45, 2.75) is 30.2 Å². The van der Waals surface area contributed by atoms with Crippen molar-refractivity contribution in [2.24, 2.45) is 0 Å². The quantitative estimate of drug-likeness (QED) is 0.533. The first-order chi connectivity index (χ1) is 13.1. The average Bonchev–Trinajstić information content (AvgIpc) is 3.15. The van der Waals surface area contributed by atoms with Crippen LogP contribution in [0.1, 0.15) is 18.9 Å². The van der Waals surface area contributed by atoms with Crippen LogP contribution in [0.4, 0.5) is 5.69 Å². The molecule has 1 atom stereocenters. The van der Waals surface area contributed by atoms with Gasteiger partial charge in [-0.1, -0.05) is 42.1 Å². The molecule has 1 amide bonds. The summed E-state index contributed by atoms with van der Waals surface area (Å²) < 4.78 is 6.66. The van der Waals surface area contributed by atoms with E-state index in [1.54, 1.807) is 0 Å². The van der Waals surface area contributed by atoms with Crippen LogP contribution in [0.2, 0.25) is 0 Å². The summed E-state index contributed by atoms with van der Waals surface area (Å²) in [5, 5.41) is 8.30. The Bertz CT molecular complexity index is 975. The maximum absolute atomic E-state index is 13.0. The summed E-state index contributed by atoms with van der Waals surface area (Å²) in [6.45, 7) is 2.62. The first kappa shape index (κ1) is 18.3. The molecule has 7 heteroatoms. The minimum absolute atomic E-state index is 0.0628. The highest BCUT2D eigenvalue weighted by Crippen LogP contribution is 2.33. The van der Waals surface area contributed by atoms with E-state index in [0.29, 0.717) is 11.1 Å². The minimum Gasteiger partial charge on any atom is -0.411 e. The number of carbonyl (C=O) groups is 1. The van der Waals surface area contributed by atoms with Gasteiger partial charge < -0.3 is 9.32 Å². The maximum atomic E-state index is 13.0. The molecule has 3 aromatic rings. The standard InChI is InChI=1S/C20H18BrN3O2S/c1-13(19(25)24-12-6-8-14-7-2-5-11-17(14)24)27-20-23-22-18(26-20)15-9-3-4-10-16(15)21/h2-5,7,9-11,13H,6,8,12H2,1H3. The number of aromatic nitrogens is 2. The van der Waals surface area contributed by atoms with Crippen molar-refractivity contribution in [3.05, 3.63) is 58.6 Å². The molecule has 1 unspecified atom stereocenters. The predicted octanol–water partition coefficient (Wildman–Crippen LogP) is 4.96. The van der Waals surface area contributed by atoms with Gasteiger partial charge in [-0.2, -0.15) is 0 Å². The predicted molar refractivity (Wildman–Crippen MR) is 110 cm³/mol. The Labute approximate surface area is 170 Å². The topological polar surface area (TPSA) is 59.2 Å². The average molecular weight is 444 g/mol. The number of hydrogen-bond donors (Lipinski definition) is 0. The Balaban J connectivity index is 1.50. The fourth-order valence-corrected chi connectivity index (χ4v) is 4.38. The molecule has 0 N–H and O–H groups in total. The van der Waals surface area contributed by atoms with Gasteiger partial charge in [-0.25, -0.2) is 0 Å². The zero-order valence-corrected chi connectivity index (χ0v) is 17.2. The number of nitrogens with zero attached hydrogens (tertiary/aromatic N) is 3. The first-order valence-corrected chi connectivity index (χ1v) is 10.4. The molecule has 0 fully saturated rings. The van der Waals surface area contributed by atoms with Crippen LogP contribution in [-0.2, 0) is 11.2 Å². The van der Waals surface area contributed by atoms with E-state index in [-0.39, 0.29) is 11.2 Å². The Morgan fingerprint density at radius 3 is 2.81 bits per heavy atom. The minimum atomic E-state index is -0.316. The van der Waals surface area contributed by atoms with Gasteiger partial charge >= 0.3 is 0 Å². The van der Waals surface area contributed by atoms with E-state index in [2.05, 4.69) is 32.2 Å². The van der Waals surface area contributed by atoms with Gasteiger partial charge in [0.15, 0.2) is 0 Å². The van der Waals surface area contributed by atoms with Gasteiger partial charge in [0.05, 0.1) is 10.8 Å². The molecule has 0 saturated carbocycles. The zero-order valence-electron chi connectivity index (χ0n) is 14.8. The second-order valence-corrected chi connectivity index (χ2v) is 8.48. The highest BCUT2D eigenvalue weighted by molar-refractivity contribution is 9.10. The number of thioether (sulfide) groups is 1. The lowest BCUT2D eigenvalue weighted by atomic mass is 10.0. The maximum Gasteiger partial charge on any atom is 0.277 e. The van der Waals surface area contributed by atoms with Crippen molar-refractivity contribution in [1.29, 1.82) is 0 Å². The lowest BCUT2D eigenvalue weighted by Crippen LogP contribution is -2.40. The van der Waals surface area contributed by atoms with E-state index >= 15 is 0 Å². The summed E-state index contributed by atoms with van der Waals surface area (Å²) in [5.74, 6) is 0.501. The smallest absolute Gasteiger partial charge is 0.277 e. The number of hydrogen-bond acceptors (Lipinski definition) is 5. The first-order valence-electron chi connectivity index (χ1n) is 8.78. The van der Waals surface area contributed by atoms with Crippen LogP contribution in [0, 0.1) is 0 Å². The molecule has 0 spiro atoms. The molecule has 0 aliphatic carbocycles. The monoisotopic (exact) mass is 443 g/mol. The van der Waals surface area contributed by atoms with Gasteiger partial charge in [-0.3, -0.25) is 4.79 Å². The van der Waals surface area contributed by atoms with Crippen molar-refractivity contribution in [3.8, 4) is 11.5 Å². The number of amides is 1. The van der Waals surface area contributed by atoms with Gasteiger partial charge in [0.2, 0.25) is 11.8 Å². The number of fused-ring (bicyclic) bond motifs is 1. The highest BCUT2D eigenvalue weighted by Gasteiger charge is 2.28. The normalized spacial score (nSPS) is 14.7. The Morgan fingerprint density at radius 2 is 1.96 bits per heavy atom. The van der Waals surface area contributed by atoms with E-state index in [9.17, 15) is 4.79 Å². The summed E-state index contributed by atoms with van der Waals surface area (Å²) in [4.78, 5) is 14.9. The van der Waals surface area contributed by atoms with Crippen LogP contribution in [0.25, 0.3) is 11.5 Å². The molecule has 1 aliphatic heterocycles. The molecule has 1 aromatic heterocycles. The van der Waals surface area contributed by atoms with Crippen molar-refractivity contribution in [3.63, 3.8) is 0 Å². The zero-order chi connectivity index (χ0) is 18.8. The third-order valence-corrected chi connectivity index (χ3v) is 6.13.